The molecule has 6 rings (SSSR count). The van der Waals surface area contributed by atoms with E-state index in [1.807, 2.05) is 62.4 Å². The van der Waals surface area contributed by atoms with Crippen LogP contribution >= 0.6 is 0 Å². The average Bonchev–Trinajstić information content (AvgIpc) is 3.92. The number of nitrogens with zero attached hydrogens (tertiary/aromatic N) is 3. The number of hydrogen-bond donors (Lipinski definition) is 4. The number of ether oxygens (including phenoxy) is 5. The molecule has 0 bridgehead atoms. The predicted octanol–water partition coefficient (Wildman–Crippen LogP) is 4.05. The Kier molecular flexibility index (Phi) is 15.3. The number of imidazole rings is 1. The average molecular weight is 818 g/mol. The van der Waals surface area contributed by atoms with Crippen molar-refractivity contribution < 1.29 is 42.9 Å². The highest BCUT2D eigenvalue weighted by Gasteiger charge is 2.32. The number of anilines is 1. The second-order valence-electron chi connectivity index (χ2n) is 15.1. The SMILES string of the molecule is CC(C)NC(=O)O[C@H]1CC[C@@H](c2cc(NC(=O)Cc3ccccc3OCCOCCOCCOCCCc3cccc4c3n(C)c(=O)n4C3CCC(=O)NC3=O)n[nH]2)C1. The monoisotopic (exact) mass is 817 g/mol. The minimum Gasteiger partial charge on any atom is -0.491 e. The molecule has 1 aliphatic carbocycles. The van der Waals surface area contributed by atoms with Gasteiger partial charge >= 0.3 is 11.8 Å². The van der Waals surface area contributed by atoms with Gasteiger partial charge in [-0.25, -0.2) is 9.59 Å². The third-order valence-electron chi connectivity index (χ3n) is 10.4. The molecule has 2 fully saturated rings. The quantitative estimate of drug-likeness (QED) is 0.0697. The Hall–Kier alpha value is -5.52. The van der Waals surface area contributed by atoms with Gasteiger partial charge in [0.1, 0.15) is 24.5 Å². The summed E-state index contributed by atoms with van der Waals surface area (Å²) in [4.78, 5) is 62.2. The molecule has 4 amide bonds. The zero-order chi connectivity index (χ0) is 41.7. The summed E-state index contributed by atoms with van der Waals surface area (Å²) < 4.78 is 31.6. The van der Waals surface area contributed by atoms with Crippen LogP contribution in [0.3, 0.4) is 0 Å². The molecule has 1 unspecified atom stereocenters. The number of carbonyl (C=O) groups is 4. The highest BCUT2D eigenvalue weighted by atomic mass is 16.6. The van der Waals surface area contributed by atoms with E-state index >= 15 is 0 Å². The van der Waals surface area contributed by atoms with Gasteiger partial charge in [0.15, 0.2) is 5.82 Å². The van der Waals surface area contributed by atoms with Crippen LogP contribution in [0, 0.1) is 0 Å². The maximum Gasteiger partial charge on any atom is 0.407 e. The van der Waals surface area contributed by atoms with Crippen molar-refractivity contribution in [3.05, 3.63) is 75.8 Å². The molecule has 17 nitrogen and oxygen atoms in total. The van der Waals surface area contributed by atoms with Crippen molar-refractivity contribution >= 4 is 40.7 Å². The number of hydrogen-bond acceptors (Lipinski definition) is 11. The Morgan fingerprint density at radius 1 is 0.898 bits per heavy atom. The molecule has 4 N–H and O–H groups in total. The first-order valence-corrected chi connectivity index (χ1v) is 20.4. The minimum absolute atomic E-state index is 0.0142. The van der Waals surface area contributed by atoms with Gasteiger partial charge in [0.2, 0.25) is 17.7 Å². The fourth-order valence-electron chi connectivity index (χ4n) is 7.58. The number of aryl methyl sites for hydroxylation is 2. The van der Waals surface area contributed by atoms with Gasteiger partial charge in [0.25, 0.3) is 0 Å². The van der Waals surface area contributed by atoms with Crippen molar-refractivity contribution in [3.8, 4) is 5.75 Å². The van der Waals surface area contributed by atoms with Crippen molar-refractivity contribution in [2.75, 3.05) is 51.6 Å². The highest BCUT2D eigenvalue weighted by Crippen LogP contribution is 2.36. The lowest BCUT2D eigenvalue weighted by Crippen LogP contribution is -2.44. The Balaban J connectivity index is 0.817. The first-order valence-electron chi connectivity index (χ1n) is 20.4. The summed E-state index contributed by atoms with van der Waals surface area (Å²) >= 11 is 0. The normalized spacial score (nSPS) is 18.0. The number of H-pyrrole nitrogens is 1. The van der Waals surface area contributed by atoms with Crippen LogP contribution in [0.25, 0.3) is 11.0 Å². The number of para-hydroxylation sites is 2. The summed E-state index contributed by atoms with van der Waals surface area (Å²) in [5, 5.41) is 15.3. The molecule has 1 saturated carbocycles. The molecule has 318 valence electrons. The number of rotatable bonds is 21. The van der Waals surface area contributed by atoms with Crippen molar-refractivity contribution in [3.63, 3.8) is 0 Å². The molecule has 2 aromatic heterocycles. The lowest BCUT2D eigenvalue weighted by Gasteiger charge is -2.21. The van der Waals surface area contributed by atoms with Gasteiger partial charge in [-0.1, -0.05) is 30.3 Å². The molecular formula is C42H55N7O10. The number of imide groups is 1. The second kappa shape index (κ2) is 20.9. The van der Waals surface area contributed by atoms with Crippen LogP contribution in [0.15, 0.2) is 53.3 Å². The van der Waals surface area contributed by atoms with E-state index in [0.29, 0.717) is 82.6 Å². The van der Waals surface area contributed by atoms with Gasteiger partial charge in [-0.2, -0.15) is 5.10 Å². The number of piperidine rings is 1. The van der Waals surface area contributed by atoms with Gasteiger partial charge in [-0.3, -0.25) is 33.9 Å². The summed E-state index contributed by atoms with van der Waals surface area (Å²) in [7, 11) is 1.70. The molecule has 0 spiro atoms. The Bertz CT molecular complexity index is 2130. The molecule has 59 heavy (non-hydrogen) atoms. The summed E-state index contributed by atoms with van der Waals surface area (Å²) in [5.41, 5.74) is 3.80. The van der Waals surface area contributed by atoms with E-state index < -0.39 is 18.0 Å². The van der Waals surface area contributed by atoms with Crippen LogP contribution in [-0.2, 0) is 53.2 Å². The first kappa shape index (κ1) is 43.1. The lowest BCUT2D eigenvalue weighted by molar-refractivity contribution is -0.135. The van der Waals surface area contributed by atoms with Crippen LogP contribution in [0.1, 0.15) is 81.2 Å². The fourth-order valence-corrected chi connectivity index (χ4v) is 7.58. The summed E-state index contributed by atoms with van der Waals surface area (Å²) in [6.45, 7) is 6.59. The molecule has 17 heteroatoms. The Morgan fingerprint density at radius 2 is 1.63 bits per heavy atom. The number of aromatic nitrogens is 4. The Labute approximate surface area is 342 Å². The summed E-state index contributed by atoms with van der Waals surface area (Å²) in [6.07, 6.45) is 3.78. The van der Waals surface area contributed by atoms with Gasteiger partial charge in [0.05, 0.1) is 50.5 Å². The number of aromatic amines is 1. The molecule has 3 atom stereocenters. The molecule has 3 heterocycles. The zero-order valence-electron chi connectivity index (χ0n) is 34.0. The molecular weight excluding hydrogens is 763 g/mol. The van der Waals surface area contributed by atoms with Crippen molar-refractivity contribution in [2.45, 2.75) is 89.3 Å². The van der Waals surface area contributed by atoms with E-state index in [-0.39, 0.29) is 48.4 Å². The van der Waals surface area contributed by atoms with Crippen molar-refractivity contribution in [1.82, 2.24) is 30.0 Å². The number of amides is 4. The number of carbonyl (C=O) groups excluding carboxylic acids is 4. The lowest BCUT2D eigenvalue weighted by atomic mass is 10.0. The minimum atomic E-state index is -0.716. The predicted molar refractivity (Wildman–Crippen MR) is 217 cm³/mol. The number of alkyl carbamates (subject to hydrolysis) is 1. The van der Waals surface area contributed by atoms with Crippen LogP contribution in [-0.4, -0.2) is 102 Å². The van der Waals surface area contributed by atoms with E-state index in [0.717, 1.165) is 41.6 Å². The Morgan fingerprint density at radius 3 is 2.39 bits per heavy atom. The van der Waals surface area contributed by atoms with Gasteiger partial charge < -0.3 is 34.3 Å². The fraction of sp³-hybridized carbons (Fsp3) is 0.524. The van der Waals surface area contributed by atoms with E-state index in [9.17, 15) is 24.0 Å². The molecule has 0 radical (unpaired) electrons. The van der Waals surface area contributed by atoms with Crippen LogP contribution in [0.5, 0.6) is 5.75 Å². The second-order valence-corrected chi connectivity index (χ2v) is 15.1. The standard InChI is InChI=1S/C42H55N7O10/c1-27(2)43-41(53)59-31-14-13-29(24-31)32-26-36(47-46-32)44-38(51)25-30-8-4-5-12-35(30)58-23-22-57-21-20-56-19-18-55-17-7-10-28-9-6-11-33-39(28)48(3)42(54)49(33)34-15-16-37(50)45-40(34)52/h4-6,8-9,11-12,26-27,29,31,34H,7,10,13-25H2,1-3H3,(H,43,53)(H,45,50,52)(H2,44,46,47,51)/t29-,31+,34?/m1/s1. The molecule has 4 aromatic rings. The number of fused-ring (bicyclic) bond motifs is 1. The van der Waals surface area contributed by atoms with Gasteiger partial charge in [-0.05, 0) is 70.1 Å². The van der Waals surface area contributed by atoms with Crippen LogP contribution in [0.4, 0.5) is 10.6 Å². The molecule has 2 aromatic carbocycles. The van der Waals surface area contributed by atoms with E-state index in [2.05, 4.69) is 26.1 Å². The highest BCUT2D eigenvalue weighted by molar-refractivity contribution is 6.00. The van der Waals surface area contributed by atoms with Gasteiger partial charge in [0, 0.05) is 49.4 Å². The molecule has 2 aliphatic rings. The van der Waals surface area contributed by atoms with Crippen molar-refractivity contribution in [1.29, 1.82) is 0 Å². The third kappa shape index (κ3) is 11.8. The van der Waals surface area contributed by atoms with Crippen LogP contribution < -0.4 is 26.4 Å². The topological polar surface area (TPSA) is 206 Å². The number of nitrogens with one attached hydrogen (secondary N) is 4. The largest absolute Gasteiger partial charge is 0.491 e. The van der Waals surface area contributed by atoms with E-state index in [1.165, 1.54) is 4.57 Å². The molecule has 1 saturated heterocycles. The summed E-state index contributed by atoms with van der Waals surface area (Å²) in [6, 6.07) is 14.2. The maximum atomic E-state index is 13.1. The molecule has 1 aliphatic heterocycles. The number of benzene rings is 2. The van der Waals surface area contributed by atoms with Crippen LogP contribution in [0.2, 0.25) is 0 Å². The zero-order valence-corrected chi connectivity index (χ0v) is 34.0. The van der Waals surface area contributed by atoms with E-state index in [1.54, 1.807) is 11.6 Å². The summed E-state index contributed by atoms with van der Waals surface area (Å²) in [5.74, 6) is 0.213. The smallest absolute Gasteiger partial charge is 0.407 e. The third-order valence-corrected chi connectivity index (χ3v) is 10.4. The van der Waals surface area contributed by atoms with Crippen molar-refractivity contribution in [2.24, 2.45) is 7.05 Å². The first-order chi connectivity index (χ1) is 28.6. The van der Waals surface area contributed by atoms with E-state index in [4.69, 9.17) is 23.7 Å². The van der Waals surface area contributed by atoms with Gasteiger partial charge in [-0.15, -0.1) is 0 Å². The maximum absolute atomic E-state index is 13.1.